The molecule has 1 aromatic carbocycles. The molecular weight excluding hydrogens is 304 g/mol. The molecule has 0 aliphatic heterocycles. The summed E-state index contributed by atoms with van der Waals surface area (Å²) in [6, 6.07) is 10.1. The van der Waals surface area contributed by atoms with Crippen molar-refractivity contribution < 1.29 is 0 Å². The first-order valence-corrected chi connectivity index (χ1v) is 6.96. The zero-order valence-corrected chi connectivity index (χ0v) is 12.7. The summed E-state index contributed by atoms with van der Waals surface area (Å²) in [6.45, 7) is 0.879. The molecule has 2 rings (SSSR count). The van der Waals surface area contributed by atoms with Crippen molar-refractivity contribution in [1.82, 2.24) is 15.3 Å². The Labute approximate surface area is 122 Å². The van der Waals surface area contributed by atoms with Gasteiger partial charge in [-0.05, 0) is 31.3 Å². The second kappa shape index (κ2) is 6.63. The first kappa shape index (κ1) is 14.0. The van der Waals surface area contributed by atoms with E-state index in [0.29, 0.717) is 0 Å². The number of hydrogen-bond acceptors (Lipinski definition) is 4. The van der Waals surface area contributed by atoms with Crippen LogP contribution in [0.3, 0.4) is 0 Å². The molecule has 2 aromatic rings. The highest BCUT2D eigenvalue weighted by Crippen LogP contribution is 2.24. The van der Waals surface area contributed by atoms with E-state index < -0.39 is 0 Å². The van der Waals surface area contributed by atoms with Crippen LogP contribution in [-0.4, -0.2) is 30.6 Å². The first-order valence-electron chi connectivity index (χ1n) is 6.16. The Kier molecular flexibility index (Phi) is 4.87. The van der Waals surface area contributed by atoms with Crippen molar-refractivity contribution in [2.75, 3.05) is 25.5 Å². The lowest BCUT2D eigenvalue weighted by Crippen LogP contribution is -2.15. The van der Waals surface area contributed by atoms with Gasteiger partial charge in [0.05, 0.1) is 0 Å². The monoisotopic (exact) mass is 320 g/mol. The lowest BCUT2D eigenvalue weighted by molar-refractivity contribution is 0.754. The predicted molar refractivity (Wildman–Crippen MR) is 81.9 cm³/mol. The molecule has 0 fully saturated rings. The molecule has 0 radical (unpaired) electrons. The highest BCUT2D eigenvalue weighted by molar-refractivity contribution is 9.10. The Morgan fingerprint density at radius 2 is 2.16 bits per heavy atom. The number of likely N-dealkylation sites (N-methyl/N-ethyl adjacent to an activating group) is 1. The van der Waals surface area contributed by atoms with Crippen LogP contribution in [0.4, 0.5) is 11.5 Å². The quantitative estimate of drug-likeness (QED) is 0.919. The standard InChI is InChI=1S/C14H17BrN4/c1-16-8-6-13-17-9-7-14(18-13)19(2)12-5-3-4-11(15)10-12/h3-5,7,9-10,16H,6,8H2,1-2H3. The van der Waals surface area contributed by atoms with Gasteiger partial charge in [0.25, 0.3) is 0 Å². The number of anilines is 2. The minimum atomic E-state index is 0.830. The summed E-state index contributed by atoms with van der Waals surface area (Å²) in [5.41, 5.74) is 1.09. The van der Waals surface area contributed by atoms with Crippen molar-refractivity contribution in [2.24, 2.45) is 0 Å². The highest BCUT2D eigenvalue weighted by atomic mass is 79.9. The van der Waals surface area contributed by atoms with Gasteiger partial charge in [-0.2, -0.15) is 0 Å². The number of rotatable bonds is 5. The van der Waals surface area contributed by atoms with E-state index in [2.05, 4.69) is 48.2 Å². The summed E-state index contributed by atoms with van der Waals surface area (Å²) >= 11 is 3.48. The third-order valence-electron chi connectivity index (χ3n) is 2.83. The summed E-state index contributed by atoms with van der Waals surface area (Å²) in [5.74, 6) is 1.76. The van der Waals surface area contributed by atoms with Gasteiger partial charge in [0.1, 0.15) is 11.6 Å². The molecule has 0 saturated heterocycles. The maximum atomic E-state index is 4.58. The van der Waals surface area contributed by atoms with Crippen LogP contribution in [0.15, 0.2) is 41.0 Å². The van der Waals surface area contributed by atoms with E-state index in [-0.39, 0.29) is 0 Å². The van der Waals surface area contributed by atoms with Crippen LogP contribution >= 0.6 is 15.9 Å². The van der Waals surface area contributed by atoms with Crippen LogP contribution in [0.1, 0.15) is 5.82 Å². The lowest BCUT2D eigenvalue weighted by Gasteiger charge is -2.18. The normalized spacial score (nSPS) is 10.5. The van der Waals surface area contributed by atoms with E-state index in [1.807, 2.05) is 38.5 Å². The van der Waals surface area contributed by atoms with Crippen LogP contribution in [0.2, 0.25) is 0 Å². The van der Waals surface area contributed by atoms with E-state index in [4.69, 9.17) is 0 Å². The Morgan fingerprint density at radius 3 is 2.89 bits per heavy atom. The van der Waals surface area contributed by atoms with Gasteiger partial charge < -0.3 is 10.2 Å². The topological polar surface area (TPSA) is 41.1 Å². The molecule has 0 atom stereocenters. The van der Waals surface area contributed by atoms with Crippen molar-refractivity contribution in [3.05, 3.63) is 46.8 Å². The summed E-state index contributed by atoms with van der Waals surface area (Å²) in [5, 5.41) is 3.10. The highest BCUT2D eigenvalue weighted by Gasteiger charge is 2.07. The SMILES string of the molecule is CNCCc1nccc(N(C)c2cccc(Br)c2)n1. The molecular formula is C14H17BrN4. The van der Waals surface area contributed by atoms with Crippen molar-refractivity contribution >= 4 is 27.4 Å². The smallest absolute Gasteiger partial charge is 0.136 e. The molecule has 0 bridgehead atoms. The second-order valence-corrected chi connectivity index (χ2v) is 5.14. The third kappa shape index (κ3) is 3.75. The molecule has 1 N–H and O–H groups in total. The van der Waals surface area contributed by atoms with E-state index in [1.165, 1.54) is 0 Å². The van der Waals surface area contributed by atoms with E-state index in [0.717, 1.165) is 34.8 Å². The zero-order valence-electron chi connectivity index (χ0n) is 11.1. The van der Waals surface area contributed by atoms with Crippen LogP contribution in [0, 0.1) is 0 Å². The molecule has 0 spiro atoms. The van der Waals surface area contributed by atoms with Crippen molar-refractivity contribution in [3.8, 4) is 0 Å². The molecule has 0 aliphatic rings. The Balaban J connectivity index is 2.21. The Morgan fingerprint density at radius 1 is 1.32 bits per heavy atom. The van der Waals surface area contributed by atoms with E-state index in [9.17, 15) is 0 Å². The molecule has 0 amide bonds. The molecule has 100 valence electrons. The number of hydrogen-bond donors (Lipinski definition) is 1. The molecule has 1 aromatic heterocycles. The Bertz CT molecular complexity index is 544. The average Bonchev–Trinajstić information content (AvgIpc) is 2.44. The number of nitrogens with one attached hydrogen (secondary N) is 1. The molecule has 5 heteroatoms. The number of benzene rings is 1. The second-order valence-electron chi connectivity index (χ2n) is 4.22. The van der Waals surface area contributed by atoms with Crippen LogP contribution < -0.4 is 10.2 Å². The van der Waals surface area contributed by atoms with E-state index >= 15 is 0 Å². The maximum Gasteiger partial charge on any atom is 0.136 e. The molecule has 0 saturated carbocycles. The van der Waals surface area contributed by atoms with Crippen molar-refractivity contribution in [1.29, 1.82) is 0 Å². The molecule has 4 nitrogen and oxygen atoms in total. The fourth-order valence-electron chi connectivity index (χ4n) is 1.75. The summed E-state index contributed by atoms with van der Waals surface area (Å²) in [6.07, 6.45) is 2.64. The van der Waals surface area contributed by atoms with Crippen LogP contribution in [0.5, 0.6) is 0 Å². The van der Waals surface area contributed by atoms with Crippen LogP contribution in [-0.2, 0) is 6.42 Å². The maximum absolute atomic E-state index is 4.58. The molecule has 0 aliphatic carbocycles. The van der Waals surface area contributed by atoms with Gasteiger partial charge in [-0.3, -0.25) is 0 Å². The largest absolute Gasteiger partial charge is 0.329 e. The summed E-state index contributed by atoms with van der Waals surface area (Å²) < 4.78 is 1.06. The Hall–Kier alpha value is -1.46. The summed E-state index contributed by atoms with van der Waals surface area (Å²) in [7, 11) is 3.93. The van der Waals surface area contributed by atoms with Gasteiger partial charge in [0.15, 0.2) is 0 Å². The molecule has 0 unspecified atom stereocenters. The van der Waals surface area contributed by atoms with E-state index in [1.54, 1.807) is 0 Å². The zero-order chi connectivity index (χ0) is 13.7. The minimum Gasteiger partial charge on any atom is -0.329 e. The first-order chi connectivity index (χ1) is 9.20. The third-order valence-corrected chi connectivity index (χ3v) is 3.32. The number of halogens is 1. The summed E-state index contributed by atoms with van der Waals surface area (Å²) in [4.78, 5) is 10.9. The van der Waals surface area contributed by atoms with Gasteiger partial charge in [0, 0.05) is 36.4 Å². The number of nitrogens with zero attached hydrogens (tertiary/aromatic N) is 3. The number of aromatic nitrogens is 2. The van der Waals surface area contributed by atoms with Crippen LogP contribution in [0.25, 0.3) is 0 Å². The van der Waals surface area contributed by atoms with Gasteiger partial charge >= 0.3 is 0 Å². The van der Waals surface area contributed by atoms with Gasteiger partial charge in [-0.15, -0.1) is 0 Å². The molecule has 19 heavy (non-hydrogen) atoms. The van der Waals surface area contributed by atoms with Gasteiger partial charge in [0.2, 0.25) is 0 Å². The lowest BCUT2D eigenvalue weighted by atomic mass is 10.3. The van der Waals surface area contributed by atoms with Gasteiger partial charge in [-0.1, -0.05) is 22.0 Å². The fourth-order valence-corrected chi connectivity index (χ4v) is 2.14. The molecule has 1 heterocycles. The fraction of sp³-hybridized carbons (Fsp3) is 0.286. The minimum absolute atomic E-state index is 0.830. The van der Waals surface area contributed by atoms with Crippen molar-refractivity contribution in [2.45, 2.75) is 6.42 Å². The predicted octanol–water partition coefficient (Wildman–Crippen LogP) is 2.77. The van der Waals surface area contributed by atoms with Crippen molar-refractivity contribution in [3.63, 3.8) is 0 Å². The van der Waals surface area contributed by atoms with Gasteiger partial charge in [-0.25, -0.2) is 9.97 Å². The average molecular weight is 321 g/mol.